The molecule has 0 spiro atoms. The smallest absolute Gasteiger partial charge is 0.378 e. The average Bonchev–Trinajstić information content (AvgIpc) is 3.14. The molecule has 1 amide bonds. The number of anilines is 2. The number of amides is 1. The summed E-state index contributed by atoms with van der Waals surface area (Å²) in [6, 6.07) is 3.40. The molecule has 0 radical (unpaired) electrons. The van der Waals surface area contributed by atoms with Gasteiger partial charge in [0, 0.05) is 18.8 Å². The number of rotatable bonds is 4. The Morgan fingerprint density at radius 3 is 2.77 bits per heavy atom. The van der Waals surface area contributed by atoms with Crippen LogP contribution in [0.15, 0.2) is 23.2 Å². The van der Waals surface area contributed by atoms with Gasteiger partial charge in [-0.2, -0.15) is 13.2 Å². The second-order valence-electron chi connectivity index (χ2n) is 5.66. The SMILES string of the molecule is O=C(CSC1=NCCS1)Nc1ccc(C(F)(F)F)cc1N1CCOCC1. The van der Waals surface area contributed by atoms with Crippen LogP contribution in [0.5, 0.6) is 0 Å². The van der Waals surface area contributed by atoms with Crippen molar-refractivity contribution in [3.8, 4) is 0 Å². The Hall–Kier alpha value is -1.39. The molecule has 1 aromatic rings. The normalized spacial score (nSPS) is 18.0. The van der Waals surface area contributed by atoms with E-state index < -0.39 is 11.7 Å². The molecule has 0 bridgehead atoms. The summed E-state index contributed by atoms with van der Waals surface area (Å²) in [5, 5.41) is 2.74. The van der Waals surface area contributed by atoms with Crippen molar-refractivity contribution in [2.45, 2.75) is 6.18 Å². The van der Waals surface area contributed by atoms with Crippen molar-refractivity contribution in [3.05, 3.63) is 23.8 Å². The molecule has 26 heavy (non-hydrogen) atoms. The molecule has 1 N–H and O–H groups in total. The topological polar surface area (TPSA) is 53.9 Å². The maximum atomic E-state index is 13.1. The average molecular weight is 405 g/mol. The maximum absolute atomic E-state index is 13.1. The molecule has 0 aromatic heterocycles. The van der Waals surface area contributed by atoms with E-state index in [2.05, 4.69) is 10.3 Å². The number of hydrogen-bond donors (Lipinski definition) is 1. The number of morpholine rings is 1. The van der Waals surface area contributed by atoms with Crippen LogP contribution in [0.25, 0.3) is 0 Å². The van der Waals surface area contributed by atoms with Crippen LogP contribution in [0.4, 0.5) is 24.5 Å². The Morgan fingerprint density at radius 1 is 1.35 bits per heavy atom. The van der Waals surface area contributed by atoms with E-state index in [9.17, 15) is 18.0 Å². The van der Waals surface area contributed by atoms with Crippen LogP contribution in [-0.4, -0.2) is 54.6 Å². The summed E-state index contributed by atoms with van der Waals surface area (Å²) < 4.78 is 45.4. The Bertz CT molecular complexity index is 692. The highest BCUT2D eigenvalue weighted by Crippen LogP contribution is 2.36. The lowest BCUT2D eigenvalue weighted by Gasteiger charge is -2.31. The van der Waals surface area contributed by atoms with Crippen LogP contribution >= 0.6 is 23.5 Å². The monoisotopic (exact) mass is 405 g/mol. The molecule has 1 saturated heterocycles. The minimum absolute atomic E-state index is 0.176. The first-order valence-electron chi connectivity index (χ1n) is 8.07. The minimum atomic E-state index is -4.43. The van der Waals surface area contributed by atoms with E-state index in [-0.39, 0.29) is 11.7 Å². The van der Waals surface area contributed by atoms with Crippen molar-refractivity contribution in [2.24, 2.45) is 4.99 Å². The summed E-state index contributed by atoms with van der Waals surface area (Å²) in [5.74, 6) is 0.832. The van der Waals surface area contributed by atoms with Crippen LogP contribution in [0.1, 0.15) is 5.56 Å². The van der Waals surface area contributed by atoms with Crippen LogP contribution in [0, 0.1) is 0 Å². The summed E-state index contributed by atoms with van der Waals surface area (Å²) in [5.41, 5.74) is 0.0173. The van der Waals surface area contributed by atoms with E-state index in [1.54, 1.807) is 16.7 Å². The molecule has 1 fully saturated rings. The third kappa shape index (κ3) is 5.08. The first kappa shape index (κ1) is 19.4. The molecule has 3 rings (SSSR count). The van der Waals surface area contributed by atoms with Gasteiger partial charge in [-0.05, 0) is 18.2 Å². The fourth-order valence-electron chi connectivity index (χ4n) is 2.60. The second kappa shape index (κ2) is 8.53. The molecule has 2 heterocycles. The van der Waals surface area contributed by atoms with Crippen LogP contribution in [0.3, 0.4) is 0 Å². The van der Waals surface area contributed by atoms with Gasteiger partial charge in [0.1, 0.15) is 4.38 Å². The zero-order chi connectivity index (χ0) is 18.6. The van der Waals surface area contributed by atoms with Gasteiger partial charge in [-0.15, -0.1) is 0 Å². The number of halogens is 3. The van der Waals surface area contributed by atoms with Gasteiger partial charge in [0.05, 0.1) is 42.4 Å². The van der Waals surface area contributed by atoms with E-state index in [0.29, 0.717) is 37.7 Å². The van der Waals surface area contributed by atoms with Gasteiger partial charge in [0.25, 0.3) is 0 Å². The number of ether oxygens (including phenoxy) is 1. The molecular weight excluding hydrogens is 387 g/mol. The van der Waals surface area contributed by atoms with Gasteiger partial charge in [0.15, 0.2) is 0 Å². The third-order valence-electron chi connectivity index (χ3n) is 3.84. The number of benzene rings is 1. The lowest BCUT2D eigenvalue weighted by molar-refractivity contribution is -0.137. The lowest BCUT2D eigenvalue weighted by atomic mass is 10.1. The van der Waals surface area contributed by atoms with Crippen molar-refractivity contribution >= 4 is 45.2 Å². The molecule has 0 aliphatic carbocycles. The Labute approximate surface area is 157 Å². The zero-order valence-electron chi connectivity index (χ0n) is 13.8. The van der Waals surface area contributed by atoms with E-state index in [4.69, 9.17) is 4.74 Å². The molecule has 1 aromatic carbocycles. The predicted molar refractivity (Wildman–Crippen MR) is 100 cm³/mol. The van der Waals surface area contributed by atoms with Crippen molar-refractivity contribution in [1.29, 1.82) is 0 Å². The second-order valence-corrected chi connectivity index (χ2v) is 7.97. The summed E-state index contributed by atoms with van der Waals surface area (Å²) in [7, 11) is 0. The van der Waals surface area contributed by atoms with Gasteiger partial charge in [0.2, 0.25) is 5.91 Å². The van der Waals surface area contributed by atoms with Gasteiger partial charge in [-0.3, -0.25) is 9.79 Å². The number of alkyl halides is 3. The van der Waals surface area contributed by atoms with Gasteiger partial charge >= 0.3 is 6.18 Å². The van der Waals surface area contributed by atoms with E-state index in [0.717, 1.165) is 28.8 Å². The molecule has 0 atom stereocenters. The molecule has 5 nitrogen and oxygen atoms in total. The van der Waals surface area contributed by atoms with E-state index in [1.807, 2.05) is 0 Å². The quantitative estimate of drug-likeness (QED) is 0.833. The molecule has 2 aliphatic rings. The number of nitrogens with zero attached hydrogens (tertiary/aromatic N) is 2. The lowest BCUT2D eigenvalue weighted by Crippen LogP contribution is -2.37. The standard InChI is InChI=1S/C16H18F3N3O2S2/c17-16(18,19)11-1-2-12(13(9-11)22-4-6-24-7-5-22)21-14(23)10-26-15-20-3-8-25-15/h1-2,9H,3-8,10H2,(H,21,23). The maximum Gasteiger partial charge on any atom is 0.416 e. The highest BCUT2D eigenvalue weighted by molar-refractivity contribution is 8.39. The molecule has 142 valence electrons. The summed E-state index contributed by atoms with van der Waals surface area (Å²) >= 11 is 2.95. The van der Waals surface area contributed by atoms with Crippen LogP contribution < -0.4 is 10.2 Å². The number of hydrogen-bond acceptors (Lipinski definition) is 6. The van der Waals surface area contributed by atoms with Crippen molar-refractivity contribution in [2.75, 3.05) is 54.6 Å². The first-order chi connectivity index (χ1) is 12.4. The van der Waals surface area contributed by atoms with Gasteiger partial charge in [-0.1, -0.05) is 23.5 Å². The zero-order valence-corrected chi connectivity index (χ0v) is 15.5. The number of carbonyl (C=O) groups excluding carboxylic acids is 1. The summed E-state index contributed by atoms with van der Waals surface area (Å²) in [6.07, 6.45) is -4.43. The Balaban J connectivity index is 1.74. The van der Waals surface area contributed by atoms with Crippen LogP contribution in [-0.2, 0) is 15.7 Å². The van der Waals surface area contributed by atoms with E-state index >= 15 is 0 Å². The largest absolute Gasteiger partial charge is 0.416 e. The Kier molecular flexibility index (Phi) is 6.36. The molecular formula is C16H18F3N3O2S2. The molecule has 0 saturated carbocycles. The Morgan fingerprint density at radius 2 is 2.12 bits per heavy atom. The van der Waals surface area contributed by atoms with Crippen molar-refractivity contribution < 1.29 is 22.7 Å². The third-order valence-corrected chi connectivity index (χ3v) is 6.09. The fraction of sp³-hybridized carbons (Fsp3) is 0.500. The number of thioether (sulfide) groups is 2. The predicted octanol–water partition coefficient (Wildman–Crippen LogP) is 3.32. The number of nitrogens with one attached hydrogen (secondary N) is 1. The highest BCUT2D eigenvalue weighted by Gasteiger charge is 2.32. The van der Waals surface area contributed by atoms with E-state index in [1.165, 1.54) is 17.8 Å². The van der Waals surface area contributed by atoms with Crippen LogP contribution in [0.2, 0.25) is 0 Å². The minimum Gasteiger partial charge on any atom is -0.378 e. The van der Waals surface area contributed by atoms with Crippen molar-refractivity contribution in [3.63, 3.8) is 0 Å². The van der Waals surface area contributed by atoms with Gasteiger partial charge in [-0.25, -0.2) is 0 Å². The molecule has 0 unspecified atom stereocenters. The fourth-order valence-corrected chi connectivity index (χ4v) is 4.41. The van der Waals surface area contributed by atoms with Crippen molar-refractivity contribution in [1.82, 2.24) is 0 Å². The molecule has 10 heteroatoms. The summed E-state index contributed by atoms with van der Waals surface area (Å²) in [4.78, 5) is 18.3. The number of aliphatic imine (C=N–C) groups is 1. The number of carbonyl (C=O) groups is 1. The summed E-state index contributed by atoms with van der Waals surface area (Å²) in [6.45, 7) is 2.60. The molecule has 2 aliphatic heterocycles. The highest BCUT2D eigenvalue weighted by atomic mass is 32.2. The first-order valence-corrected chi connectivity index (χ1v) is 10.0. The van der Waals surface area contributed by atoms with Gasteiger partial charge < -0.3 is 15.0 Å².